The van der Waals surface area contributed by atoms with Gasteiger partial charge in [0.2, 0.25) is 0 Å². The minimum absolute atomic E-state index is 0.0469. The van der Waals surface area contributed by atoms with Crippen LogP contribution in [0, 0.1) is 0 Å². The van der Waals surface area contributed by atoms with Crippen molar-refractivity contribution in [2.75, 3.05) is 0 Å². The van der Waals surface area contributed by atoms with E-state index >= 15 is 0 Å². The van der Waals surface area contributed by atoms with Crippen molar-refractivity contribution in [1.82, 2.24) is 21.7 Å². The second-order valence-electron chi connectivity index (χ2n) is 14.0. The fourth-order valence-corrected chi connectivity index (χ4v) is 6.59. The van der Waals surface area contributed by atoms with Crippen LogP contribution in [0.2, 0.25) is 0 Å². The molecule has 6 N–H and O–H groups in total. The van der Waals surface area contributed by atoms with Crippen molar-refractivity contribution in [2.24, 2.45) is 0 Å². The van der Waals surface area contributed by atoms with Crippen molar-refractivity contribution >= 4 is 23.6 Å². The van der Waals surface area contributed by atoms with Gasteiger partial charge in [0.1, 0.15) is 11.5 Å². The zero-order chi connectivity index (χ0) is 39.4. The van der Waals surface area contributed by atoms with E-state index in [2.05, 4.69) is 35.6 Å². The molecule has 10 heteroatoms. The lowest BCUT2D eigenvalue weighted by molar-refractivity contribution is 0.0844. The SMILES string of the molecule is CCCCCCCCc1ccccc1C(=O)NNC(=O)c1cc(Cc2ccc(O)c(C(=O)NNC(=O)c3ccccc3CCCCCCCC)c2)ccc1O. The van der Waals surface area contributed by atoms with Crippen LogP contribution in [-0.4, -0.2) is 33.8 Å². The number of carbonyl (C=O) groups excluding carboxylic acids is 4. The van der Waals surface area contributed by atoms with E-state index in [-0.39, 0.29) is 29.0 Å². The molecule has 292 valence electrons. The van der Waals surface area contributed by atoms with Crippen LogP contribution in [-0.2, 0) is 19.3 Å². The molecule has 4 aromatic rings. The largest absolute Gasteiger partial charge is 0.507 e. The Bertz CT molecular complexity index is 1760. The molecule has 0 aliphatic rings. The summed E-state index contributed by atoms with van der Waals surface area (Å²) < 4.78 is 0. The number of hydrazine groups is 2. The van der Waals surface area contributed by atoms with Crippen LogP contribution in [0.5, 0.6) is 11.5 Å². The van der Waals surface area contributed by atoms with E-state index in [1.165, 1.54) is 75.6 Å². The van der Waals surface area contributed by atoms with Gasteiger partial charge in [0.25, 0.3) is 23.6 Å². The molecule has 0 saturated carbocycles. The molecule has 0 aliphatic heterocycles. The summed E-state index contributed by atoms with van der Waals surface area (Å²) in [6.07, 6.45) is 15.5. The number of phenolic OH excluding ortho intramolecular Hbond substituents is 2. The molecule has 0 aromatic heterocycles. The van der Waals surface area contributed by atoms with E-state index in [9.17, 15) is 29.4 Å². The number of unbranched alkanes of at least 4 members (excludes halogenated alkanes) is 10. The van der Waals surface area contributed by atoms with Crippen LogP contribution in [0.3, 0.4) is 0 Å². The summed E-state index contributed by atoms with van der Waals surface area (Å²) in [6, 6.07) is 23.7. The Morgan fingerprint density at radius 3 is 1.18 bits per heavy atom. The monoisotopic (exact) mass is 748 g/mol. The minimum Gasteiger partial charge on any atom is -0.507 e. The zero-order valence-corrected chi connectivity index (χ0v) is 32.2. The summed E-state index contributed by atoms with van der Waals surface area (Å²) in [5, 5.41) is 21.0. The first-order valence-corrected chi connectivity index (χ1v) is 19.7. The van der Waals surface area contributed by atoms with E-state index in [1.807, 2.05) is 24.3 Å². The van der Waals surface area contributed by atoms with Crippen LogP contribution in [0.15, 0.2) is 84.9 Å². The smallest absolute Gasteiger partial charge is 0.273 e. The first-order valence-electron chi connectivity index (χ1n) is 19.7. The van der Waals surface area contributed by atoms with Crippen LogP contribution in [0.1, 0.15) is 155 Å². The van der Waals surface area contributed by atoms with Gasteiger partial charge in [-0.2, -0.15) is 0 Å². The molecular formula is C45H56N4O6. The molecule has 0 fully saturated rings. The fourth-order valence-electron chi connectivity index (χ4n) is 6.59. The lowest BCUT2D eigenvalue weighted by atomic mass is 9.99. The number of hydrogen-bond donors (Lipinski definition) is 6. The Balaban J connectivity index is 1.33. The molecule has 0 unspecified atom stereocenters. The van der Waals surface area contributed by atoms with Gasteiger partial charge < -0.3 is 10.2 Å². The van der Waals surface area contributed by atoms with Gasteiger partial charge in [-0.3, -0.25) is 40.9 Å². The van der Waals surface area contributed by atoms with Crippen molar-refractivity contribution < 1.29 is 29.4 Å². The molecule has 0 spiro atoms. The normalized spacial score (nSPS) is 10.8. The average Bonchev–Trinajstić information content (AvgIpc) is 3.20. The predicted molar refractivity (Wildman–Crippen MR) is 216 cm³/mol. The highest BCUT2D eigenvalue weighted by molar-refractivity contribution is 6.02. The summed E-state index contributed by atoms with van der Waals surface area (Å²) in [5.41, 5.74) is 13.7. The third-order valence-corrected chi connectivity index (χ3v) is 9.72. The molecule has 0 atom stereocenters. The first kappa shape index (κ1) is 42.1. The zero-order valence-electron chi connectivity index (χ0n) is 32.2. The number of phenols is 2. The van der Waals surface area contributed by atoms with Gasteiger partial charge in [-0.15, -0.1) is 0 Å². The molecule has 0 heterocycles. The summed E-state index contributed by atoms with van der Waals surface area (Å²) in [7, 11) is 0. The highest BCUT2D eigenvalue weighted by Crippen LogP contribution is 2.24. The number of nitrogens with one attached hydrogen (secondary N) is 4. The van der Waals surface area contributed by atoms with Gasteiger partial charge in [0.15, 0.2) is 0 Å². The molecule has 0 aliphatic carbocycles. The van der Waals surface area contributed by atoms with Gasteiger partial charge in [0, 0.05) is 11.1 Å². The maximum Gasteiger partial charge on any atom is 0.273 e. The first-order chi connectivity index (χ1) is 26.7. The van der Waals surface area contributed by atoms with E-state index in [0.717, 1.165) is 49.7 Å². The molecule has 0 radical (unpaired) electrons. The topological polar surface area (TPSA) is 157 Å². The summed E-state index contributed by atoms with van der Waals surface area (Å²) in [5.74, 6) is -2.83. The quantitative estimate of drug-likeness (QED) is 0.0393. The van der Waals surface area contributed by atoms with Crippen molar-refractivity contribution in [1.29, 1.82) is 0 Å². The number of carbonyl (C=O) groups is 4. The van der Waals surface area contributed by atoms with Gasteiger partial charge in [-0.25, -0.2) is 0 Å². The van der Waals surface area contributed by atoms with Crippen molar-refractivity contribution in [3.05, 3.63) is 129 Å². The van der Waals surface area contributed by atoms with E-state index in [0.29, 0.717) is 22.3 Å². The van der Waals surface area contributed by atoms with Crippen LogP contribution < -0.4 is 21.7 Å². The van der Waals surface area contributed by atoms with E-state index in [4.69, 9.17) is 0 Å². The number of rotatable bonds is 20. The molecule has 0 bridgehead atoms. The van der Waals surface area contributed by atoms with Crippen LogP contribution in [0.4, 0.5) is 0 Å². The predicted octanol–water partition coefficient (Wildman–Crippen LogP) is 8.64. The number of aryl methyl sites for hydroxylation is 2. The maximum absolute atomic E-state index is 13.1. The maximum atomic E-state index is 13.1. The molecule has 0 saturated heterocycles. The van der Waals surface area contributed by atoms with Crippen LogP contribution >= 0.6 is 0 Å². The van der Waals surface area contributed by atoms with Crippen LogP contribution in [0.25, 0.3) is 0 Å². The van der Waals surface area contributed by atoms with Gasteiger partial charge in [-0.1, -0.05) is 127 Å². The Labute approximate surface area is 325 Å². The standard InChI is InChI=1S/C45H56N4O6/c1-3-5-7-9-11-13-19-34-21-15-17-23-36(34)42(52)46-48-44(54)38-30-32(25-27-40(38)50)29-33-26-28-41(51)39(31-33)45(55)49-47-43(53)37-24-18-16-22-35(37)20-14-12-10-8-6-4-2/h15-18,21-28,30-31,50-51H,3-14,19-20,29H2,1-2H3,(H,46,52)(H,47,53)(H,48,54)(H,49,55). The minimum atomic E-state index is -0.698. The lowest BCUT2D eigenvalue weighted by Gasteiger charge is -2.13. The average molecular weight is 749 g/mol. The number of amides is 4. The third-order valence-electron chi connectivity index (χ3n) is 9.72. The molecular weight excluding hydrogens is 693 g/mol. The fraction of sp³-hybridized carbons (Fsp3) is 0.378. The summed E-state index contributed by atoms with van der Waals surface area (Å²) in [6.45, 7) is 4.37. The molecule has 4 rings (SSSR count). The van der Waals surface area contributed by atoms with Gasteiger partial charge >= 0.3 is 0 Å². The third kappa shape index (κ3) is 13.3. The van der Waals surface area contributed by atoms with Crippen molar-refractivity contribution in [3.8, 4) is 11.5 Å². The second-order valence-corrected chi connectivity index (χ2v) is 14.0. The van der Waals surface area contributed by atoms with Gasteiger partial charge in [-0.05, 0) is 90.8 Å². The highest BCUT2D eigenvalue weighted by atomic mass is 16.3. The number of benzene rings is 4. The molecule has 10 nitrogen and oxygen atoms in total. The highest BCUT2D eigenvalue weighted by Gasteiger charge is 2.18. The van der Waals surface area contributed by atoms with E-state index in [1.54, 1.807) is 36.4 Å². The second kappa shape index (κ2) is 22.5. The molecule has 4 amide bonds. The van der Waals surface area contributed by atoms with E-state index < -0.39 is 23.6 Å². The van der Waals surface area contributed by atoms with Gasteiger partial charge in [0.05, 0.1) is 11.1 Å². The van der Waals surface area contributed by atoms with Crippen molar-refractivity contribution in [3.63, 3.8) is 0 Å². The van der Waals surface area contributed by atoms with Crippen molar-refractivity contribution in [2.45, 2.75) is 110 Å². The lowest BCUT2D eigenvalue weighted by Crippen LogP contribution is -2.42. The Hall–Kier alpha value is -5.64. The summed E-state index contributed by atoms with van der Waals surface area (Å²) in [4.78, 5) is 52.4. The molecule has 4 aromatic carbocycles. The summed E-state index contributed by atoms with van der Waals surface area (Å²) >= 11 is 0. The number of hydrogen-bond acceptors (Lipinski definition) is 6. The molecule has 55 heavy (non-hydrogen) atoms. The Morgan fingerprint density at radius 2 is 0.782 bits per heavy atom. The number of aromatic hydroxyl groups is 2. The Morgan fingerprint density at radius 1 is 0.436 bits per heavy atom. The Kier molecular flexibility index (Phi) is 17.3.